The van der Waals surface area contributed by atoms with E-state index in [1.54, 1.807) is 0 Å². The molecule has 0 aliphatic heterocycles. The SMILES string of the molecule is CC(C)(C)NC(c1ccccc1)C(O)c1ccccc1. The van der Waals surface area contributed by atoms with Crippen molar-refractivity contribution in [2.75, 3.05) is 0 Å². The molecule has 0 saturated heterocycles. The third kappa shape index (κ3) is 3.92. The van der Waals surface area contributed by atoms with Gasteiger partial charge >= 0.3 is 0 Å². The minimum absolute atomic E-state index is 0.0731. The molecule has 20 heavy (non-hydrogen) atoms. The summed E-state index contributed by atoms with van der Waals surface area (Å²) in [7, 11) is 0. The molecular formula is C18H23NO. The Hall–Kier alpha value is -1.64. The van der Waals surface area contributed by atoms with Crippen LogP contribution in [0.5, 0.6) is 0 Å². The molecule has 2 aromatic carbocycles. The van der Waals surface area contributed by atoms with Crippen LogP contribution in [-0.4, -0.2) is 10.6 Å². The van der Waals surface area contributed by atoms with Crippen LogP contribution in [0.3, 0.4) is 0 Å². The van der Waals surface area contributed by atoms with Crippen molar-refractivity contribution in [2.45, 2.75) is 38.5 Å². The molecule has 0 bridgehead atoms. The smallest absolute Gasteiger partial charge is 0.0984 e. The minimum Gasteiger partial charge on any atom is -0.386 e. The molecule has 0 heterocycles. The van der Waals surface area contributed by atoms with E-state index in [-0.39, 0.29) is 11.6 Å². The Kier molecular flexibility index (Phi) is 4.58. The number of nitrogens with one attached hydrogen (secondary N) is 1. The fourth-order valence-corrected chi connectivity index (χ4v) is 2.31. The van der Waals surface area contributed by atoms with Gasteiger partial charge in [0.2, 0.25) is 0 Å². The zero-order chi connectivity index (χ0) is 14.6. The van der Waals surface area contributed by atoms with Crippen molar-refractivity contribution in [3.63, 3.8) is 0 Å². The molecule has 0 amide bonds. The molecule has 2 unspecified atom stereocenters. The summed E-state index contributed by atoms with van der Waals surface area (Å²) in [5.74, 6) is 0. The standard InChI is InChI=1S/C18H23NO/c1-18(2,3)19-16(14-10-6-4-7-11-14)17(20)15-12-8-5-9-13-15/h4-13,16-17,19-20H,1-3H3. The molecule has 106 valence electrons. The minimum atomic E-state index is -0.571. The van der Waals surface area contributed by atoms with Crippen LogP contribution in [0.15, 0.2) is 60.7 Å². The van der Waals surface area contributed by atoms with Gasteiger partial charge in [0.25, 0.3) is 0 Å². The van der Waals surface area contributed by atoms with Crippen molar-refractivity contribution >= 4 is 0 Å². The molecule has 0 aliphatic carbocycles. The largest absolute Gasteiger partial charge is 0.386 e. The molecule has 2 heteroatoms. The second-order valence-electron chi connectivity index (χ2n) is 6.14. The molecule has 0 aliphatic rings. The predicted molar refractivity (Wildman–Crippen MR) is 83.5 cm³/mol. The van der Waals surface area contributed by atoms with Gasteiger partial charge in [0.15, 0.2) is 0 Å². The lowest BCUT2D eigenvalue weighted by Crippen LogP contribution is -2.41. The van der Waals surface area contributed by atoms with Crippen LogP contribution in [0.1, 0.15) is 44.0 Å². The lowest BCUT2D eigenvalue weighted by Gasteiger charge is -2.32. The Labute approximate surface area is 121 Å². The quantitative estimate of drug-likeness (QED) is 0.883. The van der Waals surface area contributed by atoms with E-state index in [9.17, 15) is 5.11 Å². The van der Waals surface area contributed by atoms with E-state index in [1.165, 1.54) is 0 Å². The van der Waals surface area contributed by atoms with Gasteiger partial charge in [-0.05, 0) is 31.9 Å². The summed E-state index contributed by atoms with van der Waals surface area (Å²) in [6.45, 7) is 6.34. The second kappa shape index (κ2) is 6.21. The third-order valence-electron chi connectivity index (χ3n) is 3.20. The molecule has 0 radical (unpaired) electrons. The van der Waals surface area contributed by atoms with E-state index in [1.807, 2.05) is 48.5 Å². The van der Waals surface area contributed by atoms with E-state index in [4.69, 9.17) is 0 Å². The van der Waals surface area contributed by atoms with E-state index in [2.05, 4.69) is 38.2 Å². The first-order chi connectivity index (χ1) is 9.47. The highest BCUT2D eigenvalue weighted by Crippen LogP contribution is 2.30. The molecule has 2 aromatic rings. The zero-order valence-electron chi connectivity index (χ0n) is 12.4. The molecule has 2 N–H and O–H groups in total. The number of benzene rings is 2. The molecule has 2 rings (SSSR count). The van der Waals surface area contributed by atoms with Crippen LogP contribution >= 0.6 is 0 Å². The number of aliphatic hydroxyl groups is 1. The highest BCUT2D eigenvalue weighted by Gasteiger charge is 2.26. The van der Waals surface area contributed by atoms with Gasteiger partial charge in [-0.3, -0.25) is 0 Å². The van der Waals surface area contributed by atoms with Crippen LogP contribution in [-0.2, 0) is 0 Å². The summed E-state index contributed by atoms with van der Waals surface area (Å²) in [5, 5.41) is 14.3. The maximum atomic E-state index is 10.7. The highest BCUT2D eigenvalue weighted by molar-refractivity contribution is 5.26. The average Bonchev–Trinajstić information content (AvgIpc) is 2.45. The van der Waals surface area contributed by atoms with Crippen LogP contribution in [0.2, 0.25) is 0 Å². The van der Waals surface area contributed by atoms with Crippen LogP contribution in [0.4, 0.5) is 0 Å². The van der Waals surface area contributed by atoms with Gasteiger partial charge in [0.05, 0.1) is 12.1 Å². The van der Waals surface area contributed by atoms with E-state index in [0.717, 1.165) is 11.1 Å². The molecule has 2 atom stereocenters. The van der Waals surface area contributed by atoms with Crippen molar-refractivity contribution < 1.29 is 5.11 Å². The maximum absolute atomic E-state index is 10.7. The highest BCUT2D eigenvalue weighted by atomic mass is 16.3. The van der Waals surface area contributed by atoms with Gasteiger partial charge in [-0.25, -0.2) is 0 Å². The summed E-state index contributed by atoms with van der Waals surface area (Å²) in [4.78, 5) is 0. The predicted octanol–water partition coefficient (Wildman–Crippen LogP) is 3.85. The van der Waals surface area contributed by atoms with Crippen molar-refractivity contribution in [1.82, 2.24) is 5.32 Å². The fourth-order valence-electron chi connectivity index (χ4n) is 2.31. The lowest BCUT2D eigenvalue weighted by molar-refractivity contribution is 0.113. The first-order valence-corrected chi connectivity index (χ1v) is 7.03. The van der Waals surface area contributed by atoms with E-state index >= 15 is 0 Å². The number of rotatable bonds is 4. The summed E-state index contributed by atoms with van der Waals surface area (Å²) in [5.41, 5.74) is 1.95. The topological polar surface area (TPSA) is 32.3 Å². The van der Waals surface area contributed by atoms with Gasteiger partial charge in [0, 0.05) is 5.54 Å². The Morgan fingerprint density at radius 3 is 1.70 bits per heavy atom. The first kappa shape index (κ1) is 14.8. The van der Waals surface area contributed by atoms with E-state index < -0.39 is 6.10 Å². The van der Waals surface area contributed by atoms with Gasteiger partial charge in [-0.15, -0.1) is 0 Å². The summed E-state index contributed by atoms with van der Waals surface area (Å²) in [6, 6.07) is 19.8. The molecule has 0 aromatic heterocycles. The van der Waals surface area contributed by atoms with Gasteiger partial charge < -0.3 is 10.4 Å². The summed E-state index contributed by atoms with van der Waals surface area (Å²) < 4.78 is 0. The van der Waals surface area contributed by atoms with E-state index in [0.29, 0.717) is 0 Å². The van der Waals surface area contributed by atoms with Crippen LogP contribution in [0.25, 0.3) is 0 Å². The van der Waals surface area contributed by atoms with Crippen molar-refractivity contribution in [3.8, 4) is 0 Å². The van der Waals surface area contributed by atoms with Gasteiger partial charge in [-0.2, -0.15) is 0 Å². The fraction of sp³-hybridized carbons (Fsp3) is 0.333. The number of hydrogen-bond donors (Lipinski definition) is 2. The van der Waals surface area contributed by atoms with Gasteiger partial charge in [-0.1, -0.05) is 60.7 Å². The van der Waals surface area contributed by atoms with Crippen LogP contribution < -0.4 is 5.32 Å². The molecule has 0 spiro atoms. The average molecular weight is 269 g/mol. The van der Waals surface area contributed by atoms with Gasteiger partial charge in [0.1, 0.15) is 0 Å². The number of hydrogen-bond acceptors (Lipinski definition) is 2. The first-order valence-electron chi connectivity index (χ1n) is 7.03. The molecule has 0 fully saturated rings. The third-order valence-corrected chi connectivity index (χ3v) is 3.20. The Morgan fingerprint density at radius 1 is 0.800 bits per heavy atom. The van der Waals surface area contributed by atoms with Crippen molar-refractivity contribution in [3.05, 3.63) is 71.8 Å². The van der Waals surface area contributed by atoms with Crippen LogP contribution in [0, 0.1) is 0 Å². The normalized spacial score (nSPS) is 14.8. The summed E-state index contributed by atoms with van der Waals surface area (Å²) in [6.07, 6.45) is -0.571. The second-order valence-corrected chi connectivity index (χ2v) is 6.14. The Morgan fingerprint density at radius 2 is 1.25 bits per heavy atom. The number of aliphatic hydroxyl groups excluding tert-OH is 1. The van der Waals surface area contributed by atoms with Crippen molar-refractivity contribution in [2.24, 2.45) is 0 Å². The Bertz CT molecular complexity index is 516. The monoisotopic (exact) mass is 269 g/mol. The molecule has 0 saturated carbocycles. The zero-order valence-corrected chi connectivity index (χ0v) is 12.4. The molecule has 2 nitrogen and oxygen atoms in total. The molecular weight excluding hydrogens is 246 g/mol. The lowest BCUT2D eigenvalue weighted by atomic mass is 9.93. The summed E-state index contributed by atoms with van der Waals surface area (Å²) >= 11 is 0. The Balaban J connectivity index is 2.32. The van der Waals surface area contributed by atoms with Crippen molar-refractivity contribution in [1.29, 1.82) is 0 Å². The maximum Gasteiger partial charge on any atom is 0.0984 e.